The van der Waals surface area contributed by atoms with Crippen molar-refractivity contribution in [1.29, 1.82) is 0 Å². The molecule has 1 atom stereocenters. The summed E-state index contributed by atoms with van der Waals surface area (Å²) in [5.41, 5.74) is 2.56. The van der Waals surface area contributed by atoms with E-state index in [1.165, 1.54) is 12.1 Å². The van der Waals surface area contributed by atoms with E-state index in [2.05, 4.69) is 25.3 Å². The number of rotatable bonds is 9. The first kappa shape index (κ1) is 22.6. The molecule has 0 aliphatic carbocycles. The number of benzene rings is 2. The molecule has 164 valence electrons. The quantitative estimate of drug-likeness (QED) is 0.339. The van der Waals surface area contributed by atoms with Crippen molar-refractivity contribution in [2.75, 3.05) is 13.1 Å². The molecule has 1 aromatic heterocycles. The van der Waals surface area contributed by atoms with Gasteiger partial charge < -0.3 is 20.5 Å². The molecule has 0 bridgehead atoms. The number of guanidine groups is 1. The normalized spacial score (nSPS) is 12.6. The summed E-state index contributed by atoms with van der Waals surface area (Å²) in [6.07, 6.45) is -0.839. The fraction of sp³-hybridized carbons (Fsp3) is 0.273. The number of hydrogen-bond acceptors (Lipinski definition) is 5. The van der Waals surface area contributed by atoms with Gasteiger partial charge >= 0.3 is 6.61 Å². The highest BCUT2D eigenvalue weighted by atomic mass is 32.1. The summed E-state index contributed by atoms with van der Waals surface area (Å²) in [5, 5.41) is 19.5. The topological polar surface area (TPSA) is 78.8 Å². The van der Waals surface area contributed by atoms with Gasteiger partial charge in [0, 0.05) is 24.0 Å². The molecule has 6 nitrogen and oxygen atoms in total. The van der Waals surface area contributed by atoms with Gasteiger partial charge in [-0.2, -0.15) is 8.78 Å². The van der Waals surface area contributed by atoms with Gasteiger partial charge in [-0.25, -0.2) is 9.98 Å². The van der Waals surface area contributed by atoms with Crippen LogP contribution in [0, 0.1) is 0 Å². The van der Waals surface area contributed by atoms with Crippen LogP contribution in [-0.2, 0) is 6.54 Å². The maximum Gasteiger partial charge on any atom is 0.387 e. The summed E-state index contributed by atoms with van der Waals surface area (Å²) >= 11 is 1.54. The van der Waals surface area contributed by atoms with E-state index in [0.717, 1.165) is 16.3 Å². The van der Waals surface area contributed by atoms with Gasteiger partial charge in [0.1, 0.15) is 10.8 Å². The summed E-state index contributed by atoms with van der Waals surface area (Å²) in [7, 11) is 0. The number of ether oxygens (including phenoxy) is 1. The summed E-state index contributed by atoms with van der Waals surface area (Å²) in [5.74, 6) is 0.600. The van der Waals surface area contributed by atoms with Crippen LogP contribution in [-0.4, -0.2) is 35.8 Å². The number of thiazole rings is 1. The summed E-state index contributed by atoms with van der Waals surface area (Å²) < 4.78 is 28.8. The molecule has 31 heavy (non-hydrogen) atoms. The first-order valence-electron chi connectivity index (χ1n) is 9.80. The molecule has 9 heteroatoms. The minimum atomic E-state index is -2.88. The second-order valence-electron chi connectivity index (χ2n) is 6.53. The van der Waals surface area contributed by atoms with E-state index in [-0.39, 0.29) is 12.3 Å². The number of nitrogens with one attached hydrogen (secondary N) is 2. The lowest BCUT2D eigenvalue weighted by Crippen LogP contribution is -2.39. The van der Waals surface area contributed by atoms with Crippen molar-refractivity contribution in [3.63, 3.8) is 0 Å². The van der Waals surface area contributed by atoms with Gasteiger partial charge in [-0.1, -0.05) is 42.5 Å². The Morgan fingerprint density at radius 1 is 1.13 bits per heavy atom. The van der Waals surface area contributed by atoms with Gasteiger partial charge in [-0.05, 0) is 24.6 Å². The minimum Gasteiger partial charge on any atom is -0.435 e. The van der Waals surface area contributed by atoms with Crippen molar-refractivity contribution in [1.82, 2.24) is 15.6 Å². The maximum absolute atomic E-state index is 12.2. The molecule has 0 saturated heterocycles. The molecule has 0 aliphatic rings. The SMILES string of the molecule is CCNC(=NCc1nc(-c2ccccc2)cs1)NCC(O)c1ccc(OC(F)F)cc1. The molecule has 0 spiro atoms. The highest BCUT2D eigenvalue weighted by molar-refractivity contribution is 7.09. The van der Waals surface area contributed by atoms with Crippen molar-refractivity contribution >= 4 is 17.3 Å². The Hall–Kier alpha value is -3.04. The van der Waals surface area contributed by atoms with E-state index in [1.807, 2.05) is 42.6 Å². The summed E-state index contributed by atoms with van der Waals surface area (Å²) in [6.45, 7) is 0.343. The molecule has 0 amide bonds. The van der Waals surface area contributed by atoms with Crippen molar-refractivity contribution in [2.24, 2.45) is 4.99 Å². The van der Waals surface area contributed by atoms with Gasteiger partial charge in [-0.15, -0.1) is 11.3 Å². The number of alkyl halides is 2. The number of aromatic nitrogens is 1. The molecule has 3 aromatic rings. The van der Waals surface area contributed by atoms with Crippen molar-refractivity contribution in [3.05, 3.63) is 70.5 Å². The van der Waals surface area contributed by atoms with Crippen LogP contribution in [0.15, 0.2) is 65.0 Å². The van der Waals surface area contributed by atoms with E-state index in [1.54, 1.807) is 23.5 Å². The van der Waals surface area contributed by atoms with Gasteiger partial charge in [0.2, 0.25) is 0 Å². The molecule has 0 radical (unpaired) electrons. The molecule has 0 saturated carbocycles. The first-order chi connectivity index (χ1) is 15.0. The lowest BCUT2D eigenvalue weighted by molar-refractivity contribution is -0.0498. The molecular formula is C22H24F2N4O2S. The predicted octanol–water partition coefficient (Wildman–Crippen LogP) is 4.20. The van der Waals surface area contributed by atoms with Crippen molar-refractivity contribution < 1.29 is 18.6 Å². The fourth-order valence-corrected chi connectivity index (χ4v) is 3.52. The van der Waals surface area contributed by atoms with E-state index >= 15 is 0 Å². The molecule has 2 aromatic carbocycles. The molecule has 0 fully saturated rings. The fourth-order valence-electron chi connectivity index (χ4n) is 2.80. The average Bonchev–Trinajstić information content (AvgIpc) is 3.25. The van der Waals surface area contributed by atoms with Crippen LogP contribution in [0.2, 0.25) is 0 Å². The smallest absolute Gasteiger partial charge is 0.387 e. The Bertz CT molecular complexity index is 965. The van der Waals surface area contributed by atoms with Crippen LogP contribution in [0.3, 0.4) is 0 Å². The van der Waals surface area contributed by atoms with Gasteiger partial charge in [0.25, 0.3) is 0 Å². The van der Waals surface area contributed by atoms with Crippen LogP contribution in [0.1, 0.15) is 23.6 Å². The van der Waals surface area contributed by atoms with Crippen LogP contribution in [0.4, 0.5) is 8.78 Å². The monoisotopic (exact) mass is 446 g/mol. The number of nitrogens with zero attached hydrogens (tertiary/aromatic N) is 2. The summed E-state index contributed by atoms with van der Waals surface area (Å²) in [6, 6.07) is 15.9. The zero-order valence-corrected chi connectivity index (χ0v) is 17.8. The number of halogens is 2. The minimum absolute atomic E-state index is 0.0483. The Kier molecular flexibility index (Phi) is 8.31. The number of hydrogen-bond donors (Lipinski definition) is 3. The van der Waals surface area contributed by atoms with Crippen LogP contribution in [0.5, 0.6) is 5.75 Å². The second-order valence-corrected chi connectivity index (χ2v) is 7.47. The predicted molar refractivity (Wildman–Crippen MR) is 118 cm³/mol. The Balaban J connectivity index is 1.56. The zero-order valence-electron chi connectivity index (χ0n) is 17.0. The Labute approximate surface area is 183 Å². The molecule has 0 aliphatic heterocycles. The van der Waals surface area contributed by atoms with E-state index in [9.17, 15) is 13.9 Å². The average molecular weight is 447 g/mol. The van der Waals surface area contributed by atoms with E-state index in [0.29, 0.717) is 24.6 Å². The lowest BCUT2D eigenvalue weighted by Gasteiger charge is -2.16. The first-order valence-corrected chi connectivity index (χ1v) is 10.7. The molecule has 3 N–H and O–H groups in total. The lowest BCUT2D eigenvalue weighted by atomic mass is 10.1. The Morgan fingerprint density at radius 2 is 1.87 bits per heavy atom. The van der Waals surface area contributed by atoms with Crippen molar-refractivity contribution in [2.45, 2.75) is 26.2 Å². The second kappa shape index (κ2) is 11.4. The molecule has 1 unspecified atom stereocenters. The zero-order chi connectivity index (χ0) is 22.1. The standard InChI is InChI=1S/C22H24F2N4O2S/c1-2-25-22(26-12-19(29)16-8-10-17(11-9-16)30-21(23)24)27-13-20-28-18(14-31-20)15-6-4-3-5-7-15/h3-11,14,19,21,29H,2,12-13H2,1H3,(H2,25,26,27). The van der Waals surface area contributed by atoms with Crippen LogP contribution < -0.4 is 15.4 Å². The third-order valence-corrected chi connectivity index (χ3v) is 5.12. The third kappa shape index (κ3) is 7.01. The summed E-state index contributed by atoms with van der Waals surface area (Å²) in [4.78, 5) is 9.16. The van der Waals surface area contributed by atoms with Crippen LogP contribution in [0.25, 0.3) is 11.3 Å². The van der Waals surface area contributed by atoms with Gasteiger partial charge in [0.05, 0.1) is 18.3 Å². The van der Waals surface area contributed by atoms with E-state index < -0.39 is 12.7 Å². The Morgan fingerprint density at radius 3 is 2.55 bits per heavy atom. The van der Waals surface area contributed by atoms with Gasteiger partial charge in [-0.3, -0.25) is 0 Å². The number of aliphatic imine (C=N–C) groups is 1. The highest BCUT2D eigenvalue weighted by Gasteiger charge is 2.11. The highest BCUT2D eigenvalue weighted by Crippen LogP contribution is 2.22. The van der Waals surface area contributed by atoms with Crippen molar-refractivity contribution in [3.8, 4) is 17.0 Å². The van der Waals surface area contributed by atoms with Gasteiger partial charge in [0.15, 0.2) is 5.96 Å². The third-order valence-electron chi connectivity index (χ3n) is 4.29. The largest absolute Gasteiger partial charge is 0.435 e. The van der Waals surface area contributed by atoms with E-state index in [4.69, 9.17) is 0 Å². The molecule has 3 rings (SSSR count). The van der Waals surface area contributed by atoms with Crippen LogP contribution >= 0.6 is 11.3 Å². The number of aliphatic hydroxyl groups is 1. The number of aliphatic hydroxyl groups excluding tert-OH is 1. The molecular weight excluding hydrogens is 422 g/mol. The molecule has 1 heterocycles. The maximum atomic E-state index is 12.2.